The lowest BCUT2D eigenvalue weighted by atomic mass is 10.2. The highest BCUT2D eigenvalue weighted by molar-refractivity contribution is 6.31. The summed E-state index contributed by atoms with van der Waals surface area (Å²) in [6, 6.07) is 7.79. The molecule has 2 aromatic rings. The topological polar surface area (TPSA) is 29.1 Å². The Bertz CT molecular complexity index is 662. The van der Waals surface area contributed by atoms with Crippen LogP contribution in [-0.4, -0.2) is 5.91 Å². The van der Waals surface area contributed by atoms with E-state index in [1.807, 2.05) is 0 Å². The van der Waals surface area contributed by atoms with Crippen LogP contribution in [0, 0.1) is 11.6 Å². The zero-order valence-corrected chi connectivity index (χ0v) is 11.6. The van der Waals surface area contributed by atoms with E-state index in [2.05, 4.69) is 5.32 Å². The minimum atomic E-state index is -0.663. The molecule has 0 bridgehead atoms. The van der Waals surface area contributed by atoms with Gasteiger partial charge in [-0.05, 0) is 35.9 Å². The van der Waals surface area contributed by atoms with Crippen molar-refractivity contribution in [2.75, 3.05) is 0 Å². The summed E-state index contributed by atoms with van der Waals surface area (Å²) >= 11 is 11.3. The molecule has 2 aromatic carbocycles. The van der Waals surface area contributed by atoms with Gasteiger partial charge in [0.2, 0.25) is 0 Å². The van der Waals surface area contributed by atoms with Crippen LogP contribution in [0.1, 0.15) is 15.9 Å². The summed E-state index contributed by atoms with van der Waals surface area (Å²) < 4.78 is 26.4. The number of benzene rings is 2. The standard InChI is InChI=1S/C14H9Cl2F2NO/c15-9-2-4-12(17)10(6-9)14(20)19-7-8-1-3-13(18)11(16)5-8/h1-6H,7H2,(H,19,20). The number of rotatable bonds is 3. The molecule has 0 radical (unpaired) electrons. The molecule has 6 heteroatoms. The van der Waals surface area contributed by atoms with Gasteiger partial charge in [-0.2, -0.15) is 0 Å². The van der Waals surface area contributed by atoms with E-state index in [0.29, 0.717) is 5.56 Å². The summed E-state index contributed by atoms with van der Waals surface area (Å²) in [5.74, 6) is -1.81. The Morgan fingerprint density at radius 2 is 1.75 bits per heavy atom. The van der Waals surface area contributed by atoms with Crippen LogP contribution in [0.3, 0.4) is 0 Å². The highest BCUT2D eigenvalue weighted by Gasteiger charge is 2.12. The quantitative estimate of drug-likeness (QED) is 0.903. The van der Waals surface area contributed by atoms with E-state index in [-0.39, 0.29) is 22.2 Å². The third-order valence-corrected chi connectivity index (χ3v) is 3.13. The average Bonchev–Trinajstić information content (AvgIpc) is 2.42. The van der Waals surface area contributed by atoms with E-state index >= 15 is 0 Å². The number of hydrogen-bond acceptors (Lipinski definition) is 1. The normalized spacial score (nSPS) is 10.4. The van der Waals surface area contributed by atoms with Crippen molar-refractivity contribution in [1.29, 1.82) is 0 Å². The predicted molar refractivity (Wildman–Crippen MR) is 74.0 cm³/mol. The van der Waals surface area contributed by atoms with Crippen molar-refractivity contribution in [2.24, 2.45) is 0 Å². The van der Waals surface area contributed by atoms with Crippen molar-refractivity contribution < 1.29 is 13.6 Å². The third-order valence-electron chi connectivity index (χ3n) is 2.61. The lowest BCUT2D eigenvalue weighted by Gasteiger charge is -2.07. The van der Waals surface area contributed by atoms with Gasteiger partial charge >= 0.3 is 0 Å². The fourth-order valence-electron chi connectivity index (χ4n) is 1.60. The number of nitrogens with one attached hydrogen (secondary N) is 1. The van der Waals surface area contributed by atoms with E-state index in [9.17, 15) is 13.6 Å². The monoisotopic (exact) mass is 315 g/mol. The molecule has 104 valence electrons. The summed E-state index contributed by atoms with van der Waals surface area (Å²) in [5, 5.41) is 2.74. The van der Waals surface area contributed by atoms with Gasteiger partial charge in [0.05, 0.1) is 10.6 Å². The molecule has 0 unspecified atom stereocenters. The molecule has 0 fully saturated rings. The Morgan fingerprint density at radius 1 is 1.05 bits per heavy atom. The highest BCUT2D eigenvalue weighted by atomic mass is 35.5. The van der Waals surface area contributed by atoms with Gasteiger partial charge in [-0.25, -0.2) is 8.78 Å². The van der Waals surface area contributed by atoms with E-state index < -0.39 is 17.5 Å². The Balaban J connectivity index is 2.08. The van der Waals surface area contributed by atoms with Crippen LogP contribution in [0.25, 0.3) is 0 Å². The molecule has 0 aliphatic heterocycles. The van der Waals surface area contributed by atoms with E-state index in [0.717, 1.165) is 6.07 Å². The van der Waals surface area contributed by atoms with Crippen molar-refractivity contribution in [3.8, 4) is 0 Å². The Kier molecular flexibility index (Phi) is 4.57. The molecule has 0 atom stereocenters. The second kappa shape index (κ2) is 6.20. The molecule has 0 heterocycles. The number of halogens is 4. The number of hydrogen-bond donors (Lipinski definition) is 1. The second-order valence-electron chi connectivity index (χ2n) is 4.06. The smallest absolute Gasteiger partial charge is 0.254 e. The molecule has 0 aliphatic carbocycles. The van der Waals surface area contributed by atoms with Crippen molar-refractivity contribution in [1.82, 2.24) is 5.32 Å². The van der Waals surface area contributed by atoms with Gasteiger partial charge in [-0.3, -0.25) is 4.79 Å². The van der Waals surface area contributed by atoms with Gasteiger partial charge in [-0.15, -0.1) is 0 Å². The summed E-state index contributed by atoms with van der Waals surface area (Å²) in [6.07, 6.45) is 0. The molecule has 0 aromatic heterocycles. The van der Waals surface area contributed by atoms with Gasteiger partial charge in [0.1, 0.15) is 11.6 Å². The van der Waals surface area contributed by atoms with Gasteiger partial charge in [0.25, 0.3) is 5.91 Å². The molecule has 2 rings (SSSR count). The number of carbonyl (C=O) groups is 1. The van der Waals surface area contributed by atoms with Gasteiger partial charge < -0.3 is 5.32 Å². The average molecular weight is 316 g/mol. The zero-order chi connectivity index (χ0) is 14.7. The molecular formula is C14H9Cl2F2NO. The SMILES string of the molecule is O=C(NCc1ccc(F)c(Cl)c1)c1cc(Cl)ccc1F. The maximum Gasteiger partial charge on any atom is 0.254 e. The van der Waals surface area contributed by atoms with Crippen LogP contribution in [0.4, 0.5) is 8.78 Å². The summed E-state index contributed by atoms with van der Waals surface area (Å²) in [7, 11) is 0. The van der Waals surface area contributed by atoms with Gasteiger partial charge in [-0.1, -0.05) is 29.3 Å². The molecule has 0 saturated heterocycles. The number of carbonyl (C=O) groups excluding carboxylic acids is 1. The van der Waals surface area contributed by atoms with Crippen LogP contribution in [0.5, 0.6) is 0 Å². The van der Waals surface area contributed by atoms with E-state index in [1.54, 1.807) is 0 Å². The van der Waals surface area contributed by atoms with E-state index in [1.165, 1.54) is 30.3 Å². The zero-order valence-electron chi connectivity index (χ0n) is 10.1. The first-order chi connectivity index (χ1) is 9.47. The van der Waals surface area contributed by atoms with Crippen molar-refractivity contribution in [2.45, 2.75) is 6.54 Å². The molecule has 1 amide bonds. The first-order valence-electron chi connectivity index (χ1n) is 5.64. The largest absolute Gasteiger partial charge is 0.348 e. The van der Waals surface area contributed by atoms with Crippen molar-refractivity contribution in [3.63, 3.8) is 0 Å². The van der Waals surface area contributed by atoms with Crippen LogP contribution >= 0.6 is 23.2 Å². The molecule has 0 spiro atoms. The second-order valence-corrected chi connectivity index (χ2v) is 4.90. The number of amides is 1. The van der Waals surface area contributed by atoms with Crippen LogP contribution in [0.2, 0.25) is 10.0 Å². The Hall–Kier alpha value is -1.65. The maximum absolute atomic E-state index is 13.5. The van der Waals surface area contributed by atoms with Crippen LogP contribution in [-0.2, 0) is 6.54 Å². The molecular weight excluding hydrogens is 307 g/mol. The molecule has 0 saturated carbocycles. The predicted octanol–water partition coefficient (Wildman–Crippen LogP) is 4.20. The molecule has 2 nitrogen and oxygen atoms in total. The minimum absolute atomic E-state index is 0.0364. The fourth-order valence-corrected chi connectivity index (χ4v) is 1.97. The Labute approximate surface area is 124 Å². The summed E-state index contributed by atoms with van der Waals surface area (Å²) in [5.41, 5.74) is 0.456. The molecule has 1 N–H and O–H groups in total. The third kappa shape index (κ3) is 3.46. The first kappa shape index (κ1) is 14.8. The maximum atomic E-state index is 13.5. The highest BCUT2D eigenvalue weighted by Crippen LogP contribution is 2.17. The van der Waals surface area contributed by atoms with Crippen molar-refractivity contribution in [3.05, 3.63) is 69.2 Å². The summed E-state index contributed by atoms with van der Waals surface area (Å²) in [4.78, 5) is 11.8. The minimum Gasteiger partial charge on any atom is -0.348 e. The van der Waals surface area contributed by atoms with Gasteiger partial charge in [0.15, 0.2) is 0 Å². The lowest BCUT2D eigenvalue weighted by molar-refractivity contribution is 0.0947. The van der Waals surface area contributed by atoms with E-state index in [4.69, 9.17) is 23.2 Å². The summed E-state index contributed by atoms with van der Waals surface area (Å²) in [6.45, 7) is 0.102. The van der Waals surface area contributed by atoms with Crippen LogP contribution in [0.15, 0.2) is 36.4 Å². The Morgan fingerprint density at radius 3 is 2.45 bits per heavy atom. The van der Waals surface area contributed by atoms with Crippen LogP contribution < -0.4 is 5.32 Å². The van der Waals surface area contributed by atoms with Gasteiger partial charge in [0, 0.05) is 11.6 Å². The fraction of sp³-hybridized carbons (Fsp3) is 0.0714. The lowest BCUT2D eigenvalue weighted by Crippen LogP contribution is -2.23. The molecule has 20 heavy (non-hydrogen) atoms. The first-order valence-corrected chi connectivity index (χ1v) is 6.40. The molecule has 0 aliphatic rings. The van der Waals surface area contributed by atoms with Crippen molar-refractivity contribution >= 4 is 29.1 Å².